The molecular weight excluding hydrogens is 272 g/mol. The van der Waals surface area contributed by atoms with Crippen molar-refractivity contribution in [2.75, 3.05) is 6.54 Å². The van der Waals surface area contributed by atoms with Gasteiger partial charge in [-0.25, -0.2) is 0 Å². The summed E-state index contributed by atoms with van der Waals surface area (Å²) in [6.07, 6.45) is 1.26. The minimum atomic E-state index is -0.337. The van der Waals surface area contributed by atoms with Gasteiger partial charge in [-0.3, -0.25) is 4.79 Å². The number of fused-ring (bicyclic) bond motifs is 1. The zero-order valence-corrected chi connectivity index (χ0v) is 13.7. The maximum absolute atomic E-state index is 12.4. The summed E-state index contributed by atoms with van der Waals surface area (Å²) < 4.78 is 0. The number of nitrogens with one attached hydrogen (secondary N) is 1. The monoisotopic (exact) mass is 298 g/mol. The Bertz CT molecular complexity index is 645. The van der Waals surface area contributed by atoms with Crippen molar-refractivity contribution in [1.29, 1.82) is 0 Å². The molecule has 0 fully saturated rings. The summed E-state index contributed by atoms with van der Waals surface area (Å²) in [6.45, 7) is 6.76. The standard InChI is InChI=1S/C19H26N2O/c1-14(2)12-19(3,13-20)21-18(22)11-16-9-6-8-15-7-4-5-10-17(15)16/h4-10,14H,11-13,20H2,1-3H3,(H,21,22). The molecule has 0 bridgehead atoms. The molecule has 118 valence electrons. The van der Waals surface area contributed by atoms with Crippen molar-refractivity contribution >= 4 is 16.7 Å². The second-order valence-corrected chi connectivity index (χ2v) is 6.73. The molecule has 3 N–H and O–H groups in total. The smallest absolute Gasteiger partial charge is 0.224 e. The van der Waals surface area contributed by atoms with Gasteiger partial charge < -0.3 is 11.1 Å². The van der Waals surface area contributed by atoms with Crippen molar-refractivity contribution in [2.45, 2.75) is 39.2 Å². The maximum Gasteiger partial charge on any atom is 0.224 e. The Morgan fingerprint density at radius 2 is 1.86 bits per heavy atom. The minimum absolute atomic E-state index is 0.0324. The molecule has 0 heterocycles. The van der Waals surface area contributed by atoms with E-state index < -0.39 is 0 Å². The van der Waals surface area contributed by atoms with Crippen molar-refractivity contribution < 1.29 is 4.79 Å². The van der Waals surface area contributed by atoms with Gasteiger partial charge in [-0.2, -0.15) is 0 Å². The molecule has 0 aliphatic carbocycles. The van der Waals surface area contributed by atoms with Gasteiger partial charge in [-0.1, -0.05) is 56.3 Å². The van der Waals surface area contributed by atoms with Gasteiger partial charge >= 0.3 is 0 Å². The Hall–Kier alpha value is -1.87. The van der Waals surface area contributed by atoms with E-state index in [4.69, 9.17) is 5.73 Å². The molecular formula is C19H26N2O. The number of benzene rings is 2. The molecule has 1 unspecified atom stereocenters. The van der Waals surface area contributed by atoms with Crippen molar-refractivity contribution in [3.8, 4) is 0 Å². The lowest BCUT2D eigenvalue weighted by atomic mass is 9.90. The summed E-state index contributed by atoms with van der Waals surface area (Å²) in [7, 11) is 0. The molecule has 1 amide bonds. The Labute approximate surface area is 132 Å². The quantitative estimate of drug-likeness (QED) is 0.860. The van der Waals surface area contributed by atoms with Crippen LogP contribution in [0, 0.1) is 5.92 Å². The number of amides is 1. The van der Waals surface area contributed by atoms with Crippen LogP contribution in [0.3, 0.4) is 0 Å². The van der Waals surface area contributed by atoms with Crippen LogP contribution in [0.5, 0.6) is 0 Å². The van der Waals surface area contributed by atoms with Crippen LogP contribution in [0.1, 0.15) is 32.8 Å². The highest BCUT2D eigenvalue weighted by Gasteiger charge is 2.25. The van der Waals surface area contributed by atoms with Gasteiger partial charge in [0.1, 0.15) is 0 Å². The number of hydrogen-bond acceptors (Lipinski definition) is 2. The highest BCUT2D eigenvalue weighted by atomic mass is 16.1. The molecule has 0 aliphatic heterocycles. The van der Waals surface area contributed by atoms with Gasteiger partial charge in [0.2, 0.25) is 5.91 Å². The van der Waals surface area contributed by atoms with Crippen molar-refractivity contribution in [2.24, 2.45) is 11.7 Å². The van der Waals surface area contributed by atoms with E-state index in [1.165, 1.54) is 0 Å². The molecule has 22 heavy (non-hydrogen) atoms. The second kappa shape index (κ2) is 6.93. The Morgan fingerprint density at radius 3 is 2.55 bits per heavy atom. The average molecular weight is 298 g/mol. The van der Waals surface area contributed by atoms with E-state index in [1.54, 1.807) is 0 Å². The van der Waals surface area contributed by atoms with Crippen LogP contribution >= 0.6 is 0 Å². The summed E-state index contributed by atoms with van der Waals surface area (Å²) in [6, 6.07) is 14.2. The predicted molar refractivity (Wildman–Crippen MR) is 92.7 cm³/mol. The highest BCUT2D eigenvalue weighted by molar-refractivity contribution is 5.90. The molecule has 2 rings (SSSR count). The van der Waals surface area contributed by atoms with Gasteiger partial charge in [-0.15, -0.1) is 0 Å². The first-order valence-corrected chi connectivity index (χ1v) is 7.91. The molecule has 0 aromatic heterocycles. The lowest BCUT2D eigenvalue weighted by Gasteiger charge is -2.31. The number of carbonyl (C=O) groups excluding carboxylic acids is 1. The van der Waals surface area contributed by atoms with E-state index in [0.717, 1.165) is 22.8 Å². The topological polar surface area (TPSA) is 55.1 Å². The van der Waals surface area contributed by atoms with Gasteiger partial charge in [-0.05, 0) is 35.6 Å². The first-order chi connectivity index (χ1) is 10.4. The molecule has 0 radical (unpaired) electrons. The van der Waals surface area contributed by atoms with Gasteiger partial charge in [0.15, 0.2) is 0 Å². The first kappa shape index (κ1) is 16.5. The third-order valence-electron chi connectivity index (χ3n) is 3.98. The fraction of sp³-hybridized carbons (Fsp3) is 0.421. The fourth-order valence-corrected chi connectivity index (χ4v) is 3.09. The Kier molecular flexibility index (Phi) is 5.19. The van der Waals surface area contributed by atoms with Crippen LogP contribution in [0.2, 0.25) is 0 Å². The molecule has 3 heteroatoms. The maximum atomic E-state index is 12.4. The highest BCUT2D eigenvalue weighted by Crippen LogP contribution is 2.20. The van der Waals surface area contributed by atoms with E-state index in [0.29, 0.717) is 18.9 Å². The fourth-order valence-electron chi connectivity index (χ4n) is 3.09. The summed E-state index contributed by atoms with van der Waals surface area (Å²) in [5.41, 5.74) is 6.59. The molecule has 3 nitrogen and oxygen atoms in total. The molecule has 2 aromatic rings. The number of nitrogens with two attached hydrogens (primary N) is 1. The third-order valence-corrected chi connectivity index (χ3v) is 3.98. The summed E-state index contributed by atoms with van der Waals surface area (Å²) in [5.74, 6) is 0.524. The lowest BCUT2D eigenvalue weighted by molar-refractivity contribution is -0.122. The van der Waals surface area contributed by atoms with E-state index in [1.807, 2.05) is 31.2 Å². The van der Waals surface area contributed by atoms with Crippen LogP contribution in [0.4, 0.5) is 0 Å². The normalized spacial score (nSPS) is 14.0. The first-order valence-electron chi connectivity index (χ1n) is 7.91. The second-order valence-electron chi connectivity index (χ2n) is 6.73. The van der Waals surface area contributed by atoms with Gasteiger partial charge in [0, 0.05) is 12.1 Å². The average Bonchev–Trinajstić information content (AvgIpc) is 2.46. The number of rotatable bonds is 6. The Balaban J connectivity index is 2.14. The number of hydrogen-bond donors (Lipinski definition) is 2. The Morgan fingerprint density at radius 1 is 1.18 bits per heavy atom. The van der Waals surface area contributed by atoms with Crippen molar-refractivity contribution in [3.05, 3.63) is 48.0 Å². The van der Waals surface area contributed by atoms with E-state index in [2.05, 4.69) is 37.4 Å². The van der Waals surface area contributed by atoms with E-state index in [9.17, 15) is 4.79 Å². The van der Waals surface area contributed by atoms with Crippen molar-refractivity contribution in [1.82, 2.24) is 5.32 Å². The molecule has 0 aliphatic rings. The zero-order chi connectivity index (χ0) is 16.2. The molecule has 0 saturated carbocycles. The molecule has 1 atom stereocenters. The van der Waals surface area contributed by atoms with Crippen LogP contribution in [-0.4, -0.2) is 18.0 Å². The summed E-state index contributed by atoms with van der Waals surface area (Å²) in [4.78, 5) is 12.4. The summed E-state index contributed by atoms with van der Waals surface area (Å²) >= 11 is 0. The molecule has 0 spiro atoms. The molecule has 2 aromatic carbocycles. The lowest BCUT2D eigenvalue weighted by Crippen LogP contribution is -2.52. The van der Waals surface area contributed by atoms with Crippen LogP contribution in [0.15, 0.2) is 42.5 Å². The summed E-state index contributed by atoms with van der Waals surface area (Å²) in [5, 5.41) is 5.42. The zero-order valence-electron chi connectivity index (χ0n) is 13.7. The van der Waals surface area contributed by atoms with Gasteiger partial charge in [0.25, 0.3) is 0 Å². The van der Waals surface area contributed by atoms with Crippen molar-refractivity contribution in [3.63, 3.8) is 0 Å². The third kappa shape index (κ3) is 4.08. The van der Waals surface area contributed by atoms with Crippen LogP contribution < -0.4 is 11.1 Å². The van der Waals surface area contributed by atoms with E-state index in [-0.39, 0.29) is 11.4 Å². The van der Waals surface area contributed by atoms with E-state index >= 15 is 0 Å². The number of carbonyl (C=O) groups is 1. The predicted octanol–water partition coefficient (Wildman–Crippen LogP) is 3.26. The van der Waals surface area contributed by atoms with Crippen LogP contribution in [-0.2, 0) is 11.2 Å². The molecule has 0 saturated heterocycles. The minimum Gasteiger partial charge on any atom is -0.349 e. The van der Waals surface area contributed by atoms with Crippen LogP contribution in [0.25, 0.3) is 10.8 Å². The largest absolute Gasteiger partial charge is 0.349 e. The SMILES string of the molecule is CC(C)CC(C)(CN)NC(=O)Cc1cccc2ccccc12. The van der Waals surface area contributed by atoms with Gasteiger partial charge in [0.05, 0.1) is 6.42 Å².